The van der Waals surface area contributed by atoms with E-state index in [9.17, 15) is 4.79 Å². The van der Waals surface area contributed by atoms with Gasteiger partial charge in [0.1, 0.15) is 0 Å². The van der Waals surface area contributed by atoms with E-state index < -0.39 is 0 Å². The fraction of sp³-hybridized carbons (Fsp3) is 0.391. The van der Waals surface area contributed by atoms with Crippen LogP contribution in [0, 0.1) is 5.92 Å². The maximum absolute atomic E-state index is 13.3. The van der Waals surface area contributed by atoms with Crippen LogP contribution >= 0.6 is 11.3 Å². The van der Waals surface area contributed by atoms with Gasteiger partial charge in [-0.25, -0.2) is 4.98 Å². The summed E-state index contributed by atoms with van der Waals surface area (Å²) in [5, 5.41) is 3.49. The highest BCUT2D eigenvalue weighted by Crippen LogP contribution is 2.43. The molecular weight excluding hydrogens is 380 g/mol. The molecule has 4 bridgehead atoms. The number of carbonyl (C=O) groups is 1. The molecule has 6 heteroatoms. The average Bonchev–Trinajstić information content (AvgIpc) is 3.08. The van der Waals surface area contributed by atoms with E-state index in [0.29, 0.717) is 5.92 Å². The number of rotatable bonds is 3. The molecule has 148 valence electrons. The number of hydrogen-bond donors (Lipinski definition) is 1. The van der Waals surface area contributed by atoms with Gasteiger partial charge in [-0.3, -0.25) is 4.79 Å². The molecule has 5 heterocycles. The van der Waals surface area contributed by atoms with Crippen LogP contribution in [0.15, 0.2) is 54.0 Å². The third-order valence-electron chi connectivity index (χ3n) is 7.02. The zero-order valence-electron chi connectivity index (χ0n) is 16.3. The summed E-state index contributed by atoms with van der Waals surface area (Å²) >= 11 is 1.58. The second kappa shape index (κ2) is 6.62. The van der Waals surface area contributed by atoms with Gasteiger partial charge in [0.05, 0.1) is 15.7 Å². The molecule has 4 aliphatic rings. The second-order valence-corrected chi connectivity index (χ2v) is 9.62. The lowest BCUT2D eigenvalue weighted by molar-refractivity contribution is 0.0180. The van der Waals surface area contributed by atoms with E-state index in [0.717, 1.165) is 55.0 Å². The summed E-state index contributed by atoms with van der Waals surface area (Å²) in [6.45, 7) is 6.45. The molecule has 0 radical (unpaired) electrons. The Kier molecular flexibility index (Phi) is 4.01. The minimum absolute atomic E-state index is 0.0387. The number of aromatic nitrogens is 1. The summed E-state index contributed by atoms with van der Waals surface area (Å²) in [5.74, 6) is 0.494. The number of nitrogens with one attached hydrogen (secondary N) is 1. The molecule has 1 N–H and O–H groups in total. The van der Waals surface area contributed by atoms with Crippen LogP contribution in [0.3, 0.4) is 0 Å². The first-order valence-electron chi connectivity index (χ1n) is 10.4. The van der Waals surface area contributed by atoms with Crippen molar-refractivity contribution in [2.75, 3.05) is 39.3 Å². The maximum atomic E-state index is 13.3. The Morgan fingerprint density at radius 2 is 1.83 bits per heavy atom. The molecule has 3 aromatic rings. The highest BCUT2D eigenvalue weighted by atomic mass is 32.1. The summed E-state index contributed by atoms with van der Waals surface area (Å²) in [4.78, 5) is 22.9. The van der Waals surface area contributed by atoms with Gasteiger partial charge in [-0.05, 0) is 23.8 Å². The van der Waals surface area contributed by atoms with Gasteiger partial charge in [0.15, 0.2) is 0 Å². The molecule has 4 fully saturated rings. The molecule has 0 aliphatic carbocycles. The van der Waals surface area contributed by atoms with Crippen LogP contribution in [-0.2, 0) is 5.41 Å². The van der Waals surface area contributed by atoms with Crippen LogP contribution in [0.5, 0.6) is 0 Å². The van der Waals surface area contributed by atoms with E-state index in [4.69, 9.17) is 0 Å². The van der Waals surface area contributed by atoms with Gasteiger partial charge in [-0.15, -0.1) is 11.3 Å². The van der Waals surface area contributed by atoms with Crippen LogP contribution in [0.2, 0.25) is 0 Å². The molecule has 3 atom stereocenters. The second-order valence-electron chi connectivity index (χ2n) is 8.74. The molecule has 2 unspecified atom stereocenters. The van der Waals surface area contributed by atoms with Gasteiger partial charge in [-0.1, -0.05) is 30.3 Å². The molecule has 1 amide bonds. The van der Waals surface area contributed by atoms with Crippen LogP contribution < -0.4 is 5.32 Å². The quantitative estimate of drug-likeness (QED) is 0.729. The highest BCUT2D eigenvalue weighted by Gasteiger charge is 2.55. The van der Waals surface area contributed by atoms with Crippen molar-refractivity contribution in [3.05, 3.63) is 65.2 Å². The summed E-state index contributed by atoms with van der Waals surface area (Å²) in [6, 6.07) is 16.8. The lowest BCUT2D eigenvalue weighted by Gasteiger charge is -2.55. The summed E-state index contributed by atoms with van der Waals surface area (Å²) < 4.78 is 1.06. The lowest BCUT2D eigenvalue weighted by Crippen LogP contribution is -2.70. The monoisotopic (exact) mass is 404 g/mol. The van der Waals surface area contributed by atoms with Crippen LogP contribution in [0.4, 0.5) is 0 Å². The van der Waals surface area contributed by atoms with Crippen molar-refractivity contribution in [2.45, 2.75) is 11.5 Å². The molecule has 7 rings (SSSR count). The Morgan fingerprint density at radius 1 is 1.07 bits per heavy atom. The molecule has 4 aliphatic heterocycles. The number of thiazole rings is 1. The smallest absolute Gasteiger partial charge is 0.251 e. The van der Waals surface area contributed by atoms with Gasteiger partial charge in [0.25, 0.3) is 5.91 Å². The molecule has 5 nitrogen and oxygen atoms in total. The maximum Gasteiger partial charge on any atom is 0.251 e. The first-order valence-corrected chi connectivity index (χ1v) is 11.2. The summed E-state index contributed by atoms with van der Waals surface area (Å²) in [5.41, 5.74) is 4.82. The van der Waals surface area contributed by atoms with Crippen molar-refractivity contribution in [3.63, 3.8) is 0 Å². The van der Waals surface area contributed by atoms with Crippen LogP contribution in [0.1, 0.15) is 15.9 Å². The third-order valence-corrected chi connectivity index (χ3v) is 7.82. The minimum atomic E-state index is -0.0524. The summed E-state index contributed by atoms with van der Waals surface area (Å²) in [7, 11) is 0. The van der Waals surface area contributed by atoms with E-state index in [1.54, 1.807) is 11.3 Å². The Hall–Kier alpha value is -2.28. The molecule has 0 spiro atoms. The van der Waals surface area contributed by atoms with Crippen molar-refractivity contribution in [1.29, 1.82) is 0 Å². The average molecular weight is 405 g/mol. The van der Waals surface area contributed by atoms with Crippen molar-refractivity contribution in [1.82, 2.24) is 20.1 Å². The van der Waals surface area contributed by atoms with Gasteiger partial charge < -0.3 is 15.1 Å². The molecule has 2 aromatic carbocycles. The zero-order chi connectivity index (χ0) is 19.4. The molecular formula is C23H24N4OS. The fourth-order valence-electron chi connectivity index (χ4n) is 5.79. The molecule has 0 saturated carbocycles. The number of hydrogen-bond acceptors (Lipinski definition) is 5. The van der Waals surface area contributed by atoms with Gasteiger partial charge in [-0.2, -0.15) is 0 Å². The number of piperidine rings is 2. The number of amides is 1. The molecule has 1 aromatic heterocycles. The number of fused-ring (bicyclic) bond motifs is 2. The van der Waals surface area contributed by atoms with E-state index in [1.807, 2.05) is 23.7 Å². The number of benzene rings is 2. The van der Waals surface area contributed by atoms with Crippen molar-refractivity contribution >= 4 is 27.5 Å². The van der Waals surface area contributed by atoms with Crippen LogP contribution in [0.25, 0.3) is 10.2 Å². The predicted molar refractivity (Wildman–Crippen MR) is 115 cm³/mol. The normalized spacial score (nSPS) is 33.0. The van der Waals surface area contributed by atoms with Gasteiger partial charge in [0, 0.05) is 62.2 Å². The SMILES string of the molecule is O=C(N[C@H]1C2CN3CCN(C2)CC1(c1ccccc1)C3)c1ccc2ncsc2c1. The Morgan fingerprint density at radius 3 is 2.59 bits per heavy atom. The summed E-state index contributed by atoms with van der Waals surface area (Å²) in [6.07, 6.45) is 0. The topological polar surface area (TPSA) is 48.5 Å². The standard InChI is InChI=1S/C23H24N4OS/c28-22(16-6-7-19-20(10-16)29-15-24-19)25-21-17-11-26-8-9-27(12-17)14-23(21,13-26)18-4-2-1-3-5-18/h1-7,10,15,17,21H,8-9,11-14H2,(H,25,28)/t17?,21-,23?/m0/s1. The first-order chi connectivity index (χ1) is 14.2. The molecule has 29 heavy (non-hydrogen) atoms. The lowest BCUT2D eigenvalue weighted by atomic mass is 9.64. The zero-order valence-corrected chi connectivity index (χ0v) is 17.1. The highest BCUT2D eigenvalue weighted by molar-refractivity contribution is 7.16. The van der Waals surface area contributed by atoms with E-state index in [2.05, 4.69) is 50.4 Å². The van der Waals surface area contributed by atoms with Crippen molar-refractivity contribution in [3.8, 4) is 0 Å². The van der Waals surface area contributed by atoms with Crippen LogP contribution in [-0.4, -0.2) is 66.0 Å². The first kappa shape index (κ1) is 17.6. The fourth-order valence-corrected chi connectivity index (χ4v) is 6.51. The van der Waals surface area contributed by atoms with Crippen molar-refractivity contribution < 1.29 is 4.79 Å². The van der Waals surface area contributed by atoms with E-state index in [1.165, 1.54) is 5.56 Å². The Balaban J connectivity index is 1.38. The van der Waals surface area contributed by atoms with E-state index >= 15 is 0 Å². The van der Waals surface area contributed by atoms with Crippen molar-refractivity contribution in [2.24, 2.45) is 5.92 Å². The van der Waals surface area contributed by atoms with E-state index in [-0.39, 0.29) is 17.4 Å². The molecule has 4 saturated heterocycles. The van der Waals surface area contributed by atoms with Gasteiger partial charge in [0.2, 0.25) is 0 Å². The Bertz CT molecular complexity index is 1050. The predicted octanol–water partition coefficient (Wildman–Crippen LogP) is 2.59. The minimum Gasteiger partial charge on any atom is -0.348 e. The largest absolute Gasteiger partial charge is 0.348 e. The number of nitrogens with zero attached hydrogens (tertiary/aromatic N) is 3. The van der Waals surface area contributed by atoms with Gasteiger partial charge >= 0.3 is 0 Å². The Labute approximate surface area is 174 Å². The number of carbonyl (C=O) groups excluding carboxylic acids is 1. The third kappa shape index (κ3) is 2.81.